The van der Waals surface area contributed by atoms with Gasteiger partial charge in [-0.05, 0) is 31.2 Å². The molecule has 1 aromatic carbocycles. The Balaban J connectivity index is 1.46. The summed E-state index contributed by atoms with van der Waals surface area (Å²) in [6.07, 6.45) is 9.23. The molecule has 0 saturated heterocycles. The van der Waals surface area contributed by atoms with E-state index in [-0.39, 0.29) is 0 Å². The van der Waals surface area contributed by atoms with Gasteiger partial charge in [-0.2, -0.15) is 5.10 Å². The molecule has 4 aromatic rings. The molecule has 0 unspecified atom stereocenters. The van der Waals surface area contributed by atoms with Gasteiger partial charge in [-0.25, -0.2) is 14.6 Å². The minimum Gasteiger partial charge on any atom is -0.380 e. The first-order valence-electron chi connectivity index (χ1n) is 8.08. The monoisotopic (exact) mass is 330 g/mol. The van der Waals surface area contributed by atoms with Gasteiger partial charge in [0, 0.05) is 30.7 Å². The molecule has 1 N–H and O–H groups in total. The Labute approximate surface area is 145 Å². The molecule has 25 heavy (non-hydrogen) atoms. The summed E-state index contributed by atoms with van der Waals surface area (Å²) in [6.45, 7) is 2.72. The maximum atomic E-state index is 4.59. The fraction of sp³-hybridized carbons (Fsp3) is 0.105. The molecule has 0 aliphatic heterocycles. The molecule has 6 heteroatoms. The summed E-state index contributed by atoms with van der Waals surface area (Å²) in [4.78, 5) is 8.48. The van der Waals surface area contributed by atoms with Gasteiger partial charge in [0.05, 0.1) is 23.3 Å². The van der Waals surface area contributed by atoms with Gasteiger partial charge in [0.1, 0.15) is 12.1 Å². The number of anilines is 1. The number of aryl methyl sites for hydroxylation is 1. The van der Waals surface area contributed by atoms with Crippen LogP contribution in [0.4, 0.5) is 5.69 Å². The topological polar surface area (TPSA) is 60.6 Å². The summed E-state index contributed by atoms with van der Waals surface area (Å²) in [5, 5.41) is 7.99. The molecule has 0 fully saturated rings. The second kappa shape index (κ2) is 6.60. The van der Waals surface area contributed by atoms with Gasteiger partial charge in [-0.3, -0.25) is 4.57 Å². The Bertz CT molecular complexity index is 940. The minimum absolute atomic E-state index is 0.699. The maximum absolute atomic E-state index is 4.59. The molecule has 0 radical (unpaired) electrons. The first kappa shape index (κ1) is 15.1. The van der Waals surface area contributed by atoms with Crippen LogP contribution in [0.3, 0.4) is 0 Å². The van der Waals surface area contributed by atoms with Crippen LogP contribution in [0, 0.1) is 6.92 Å². The van der Waals surface area contributed by atoms with Crippen LogP contribution in [0.2, 0.25) is 0 Å². The van der Waals surface area contributed by atoms with Crippen LogP contribution in [0.1, 0.15) is 11.3 Å². The van der Waals surface area contributed by atoms with E-state index < -0.39 is 0 Å². The van der Waals surface area contributed by atoms with E-state index in [0.29, 0.717) is 6.54 Å². The standard InChI is InChI=1S/C19H18N6/c1-15-16(13-25(23-15)18-5-3-2-4-6-18)11-21-17-7-8-19(22-12-17)24-10-9-20-14-24/h2-10,12-14,21H,11H2,1H3. The number of hydrogen-bond donors (Lipinski definition) is 1. The van der Waals surface area contributed by atoms with E-state index in [9.17, 15) is 0 Å². The predicted molar refractivity (Wildman–Crippen MR) is 97.0 cm³/mol. The van der Waals surface area contributed by atoms with E-state index in [4.69, 9.17) is 0 Å². The molecule has 0 aliphatic carbocycles. The molecule has 0 saturated carbocycles. The Hall–Kier alpha value is -3.41. The van der Waals surface area contributed by atoms with E-state index in [1.807, 2.05) is 71.0 Å². The van der Waals surface area contributed by atoms with Crippen molar-refractivity contribution < 1.29 is 0 Å². The fourth-order valence-corrected chi connectivity index (χ4v) is 2.62. The smallest absolute Gasteiger partial charge is 0.137 e. The highest BCUT2D eigenvalue weighted by Crippen LogP contribution is 2.15. The largest absolute Gasteiger partial charge is 0.380 e. The average Bonchev–Trinajstić information content (AvgIpc) is 3.31. The van der Waals surface area contributed by atoms with Gasteiger partial charge in [-0.15, -0.1) is 0 Å². The molecule has 0 aliphatic rings. The summed E-state index contributed by atoms with van der Waals surface area (Å²) in [6, 6.07) is 14.1. The van der Waals surface area contributed by atoms with Crippen molar-refractivity contribution in [2.75, 3.05) is 5.32 Å². The van der Waals surface area contributed by atoms with E-state index in [0.717, 1.165) is 28.5 Å². The lowest BCUT2D eigenvalue weighted by molar-refractivity contribution is 0.863. The van der Waals surface area contributed by atoms with Gasteiger partial charge >= 0.3 is 0 Å². The van der Waals surface area contributed by atoms with Crippen molar-refractivity contribution in [2.45, 2.75) is 13.5 Å². The van der Waals surface area contributed by atoms with Crippen LogP contribution in [0.5, 0.6) is 0 Å². The highest BCUT2D eigenvalue weighted by Gasteiger charge is 2.06. The number of para-hydroxylation sites is 1. The van der Waals surface area contributed by atoms with Crippen molar-refractivity contribution in [1.29, 1.82) is 0 Å². The fourth-order valence-electron chi connectivity index (χ4n) is 2.62. The van der Waals surface area contributed by atoms with Crippen molar-refractivity contribution in [3.05, 3.63) is 84.8 Å². The van der Waals surface area contributed by atoms with Crippen LogP contribution in [0.25, 0.3) is 11.5 Å². The Morgan fingerprint density at radius 2 is 1.96 bits per heavy atom. The average molecular weight is 330 g/mol. The number of pyridine rings is 1. The first-order chi connectivity index (χ1) is 12.3. The Morgan fingerprint density at radius 3 is 2.68 bits per heavy atom. The van der Waals surface area contributed by atoms with Crippen molar-refractivity contribution in [3.8, 4) is 11.5 Å². The summed E-state index contributed by atoms with van der Waals surface area (Å²) < 4.78 is 3.78. The van der Waals surface area contributed by atoms with Gasteiger partial charge in [0.25, 0.3) is 0 Å². The van der Waals surface area contributed by atoms with E-state index in [1.54, 1.807) is 12.5 Å². The van der Waals surface area contributed by atoms with Crippen LogP contribution in [-0.4, -0.2) is 24.3 Å². The number of nitrogens with zero attached hydrogens (tertiary/aromatic N) is 5. The van der Waals surface area contributed by atoms with E-state index >= 15 is 0 Å². The second-order valence-corrected chi connectivity index (χ2v) is 5.75. The normalized spacial score (nSPS) is 10.8. The van der Waals surface area contributed by atoms with Crippen molar-refractivity contribution >= 4 is 5.69 Å². The SMILES string of the molecule is Cc1nn(-c2ccccc2)cc1CNc1ccc(-n2ccnc2)nc1. The molecule has 4 rings (SSSR count). The lowest BCUT2D eigenvalue weighted by atomic mass is 10.2. The van der Waals surface area contributed by atoms with Crippen LogP contribution in [-0.2, 0) is 6.54 Å². The Kier molecular flexibility index (Phi) is 4.00. The summed E-state index contributed by atoms with van der Waals surface area (Å²) >= 11 is 0. The van der Waals surface area contributed by atoms with Crippen LogP contribution < -0.4 is 5.32 Å². The quantitative estimate of drug-likeness (QED) is 0.609. The third-order valence-corrected chi connectivity index (χ3v) is 4.02. The highest BCUT2D eigenvalue weighted by atomic mass is 15.3. The predicted octanol–water partition coefficient (Wildman–Crippen LogP) is 3.37. The number of nitrogens with one attached hydrogen (secondary N) is 1. The highest BCUT2D eigenvalue weighted by molar-refractivity contribution is 5.44. The lowest BCUT2D eigenvalue weighted by Crippen LogP contribution is -2.01. The third-order valence-electron chi connectivity index (χ3n) is 4.02. The van der Waals surface area contributed by atoms with Crippen LogP contribution in [0.15, 0.2) is 73.6 Å². The summed E-state index contributed by atoms with van der Waals surface area (Å²) in [7, 11) is 0. The van der Waals surface area contributed by atoms with Crippen molar-refractivity contribution in [1.82, 2.24) is 24.3 Å². The van der Waals surface area contributed by atoms with Gasteiger partial charge in [0.2, 0.25) is 0 Å². The van der Waals surface area contributed by atoms with Crippen LogP contribution >= 0.6 is 0 Å². The zero-order chi connectivity index (χ0) is 17.1. The molecule has 0 atom stereocenters. The zero-order valence-electron chi connectivity index (χ0n) is 13.9. The molecule has 3 aromatic heterocycles. The number of aromatic nitrogens is 5. The van der Waals surface area contributed by atoms with Crippen molar-refractivity contribution in [2.24, 2.45) is 0 Å². The van der Waals surface area contributed by atoms with Crippen molar-refractivity contribution in [3.63, 3.8) is 0 Å². The summed E-state index contributed by atoms with van der Waals surface area (Å²) in [5.74, 6) is 0.844. The molecular formula is C19H18N6. The second-order valence-electron chi connectivity index (χ2n) is 5.75. The van der Waals surface area contributed by atoms with E-state index in [2.05, 4.69) is 26.6 Å². The number of imidazole rings is 1. The molecule has 6 nitrogen and oxygen atoms in total. The zero-order valence-corrected chi connectivity index (χ0v) is 13.9. The molecule has 0 spiro atoms. The van der Waals surface area contributed by atoms with Gasteiger partial charge in [-0.1, -0.05) is 18.2 Å². The third kappa shape index (κ3) is 3.28. The number of hydrogen-bond acceptors (Lipinski definition) is 4. The number of rotatable bonds is 5. The molecule has 0 bridgehead atoms. The molecular weight excluding hydrogens is 312 g/mol. The Morgan fingerprint density at radius 1 is 1.08 bits per heavy atom. The minimum atomic E-state index is 0.699. The number of benzene rings is 1. The summed E-state index contributed by atoms with van der Waals surface area (Å²) in [5.41, 5.74) is 4.20. The van der Waals surface area contributed by atoms with E-state index in [1.165, 1.54) is 0 Å². The molecule has 0 amide bonds. The molecule has 124 valence electrons. The molecule has 3 heterocycles. The van der Waals surface area contributed by atoms with Gasteiger partial charge < -0.3 is 5.32 Å². The maximum Gasteiger partial charge on any atom is 0.137 e. The lowest BCUT2D eigenvalue weighted by Gasteiger charge is -2.06. The van der Waals surface area contributed by atoms with Gasteiger partial charge in [0.15, 0.2) is 0 Å². The first-order valence-corrected chi connectivity index (χ1v) is 8.08.